The van der Waals surface area contributed by atoms with E-state index in [2.05, 4.69) is 33.1 Å². The molecule has 5 aliphatic rings. The standard InChI is InChI=1S/C46H48Cl2FN7O6/c1-54-38-18-26(10-13-36(38)56(45(54)61)37-14-15-39(57)52-42(37)58)8-9-27-22-55(23-27)44(60)28-19-30(20-28)51-43(59)41-32(31-6-5-7-34(48)40(31)49)24-62-25-50-35-21-29(47)11-12-33(35)46(53-41)16-3-2-4-17-46/h5-7,10-13,18,21,27-28,30,32,37,41,50,53H,2-4,14-17,19-20,22-25H2,1H3,(H,51,59)(H,52,57,58)/t28?,30?,32-,37?,41+/m0/s1. The van der Waals surface area contributed by atoms with E-state index in [0.29, 0.717) is 53.1 Å². The molecule has 1 unspecified atom stereocenters. The maximum atomic E-state index is 15.8. The minimum absolute atomic E-state index is 0.0183. The number of ether oxygens (including phenoxy) is 1. The van der Waals surface area contributed by atoms with E-state index in [1.165, 1.54) is 15.2 Å². The Bertz CT molecular complexity index is 2580. The van der Waals surface area contributed by atoms with Crippen LogP contribution in [0.1, 0.15) is 86.4 Å². The number of aryl methyl sites for hydroxylation is 1. The Morgan fingerprint density at radius 2 is 1.77 bits per heavy atom. The first kappa shape index (κ1) is 42.1. The van der Waals surface area contributed by atoms with E-state index >= 15 is 4.39 Å². The molecule has 2 aliphatic carbocycles. The van der Waals surface area contributed by atoms with E-state index in [4.69, 9.17) is 27.9 Å². The van der Waals surface area contributed by atoms with Crippen LogP contribution in [0, 0.1) is 29.5 Å². The molecule has 3 atom stereocenters. The average Bonchev–Trinajstić information content (AvgIpc) is 3.47. The number of carbonyl (C=O) groups is 4. The topological polar surface area (TPSA) is 156 Å². The minimum atomic E-state index is -0.886. The van der Waals surface area contributed by atoms with Crippen LogP contribution >= 0.6 is 23.2 Å². The maximum Gasteiger partial charge on any atom is 0.329 e. The highest BCUT2D eigenvalue weighted by Gasteiger charge is 2.46. The number of aromatic nitrogens is 2. The van der Waals surface area contributed by atoms with Crippen LogP contribution in [0.15, 0.2) is 59.4 Å². The predicted octanol–water partition coefficient (Wildman–Crippen LogP) is 5.47. The summed E-state index contributed by atoms with van der Waals surface area (Å²) in [5.41, 5.74) is 3.08. The first-order chi connectivity index (χ1) is 29.9. The lowest BCUT2D eigenvalue weighted by atomic mass is 9.74. The normalized spacial score (nSPS) is 25.0. The number of benzene rings is 3. The maximum absolute atomic E-state index is 15.8. The third-order valence-corrected chi connectivity index (χ3v) is 13.9. The summed E-state index contributed by atoms with van der Waals surface area (Å²) in [5.74, 6) is 3.82. The van der Waals surface area contributed by atoms with Gasteiger partial charge in [0.25, 0.3) is 0 Å². The molecule has 1 aromatic heterocycles. The molecular formula is C46H48Cl2FN7O6. The molecule has 324 valence electrons. The molecule has 1 spiro atoms. The molecule has 0 bridgehead atoms. The first-order valence-corrected chi connectivity index (χ1v) is 22.1. The van der Waals surface area contributed by atoms with Gasteiger partial charge < -0.3 is 20.3 Å². The number of nitrogens with zero attached hydrogens (tertiary/aromatic N) is 3. The molecule has 9 rings (SSSR count). The van der Waals surface area contributed by atoms with Gasteiger partial charge in [-0.05, 0) is 79.6 Å². The number of piperidine rings is 1. The van der Waals surface area contributed by atoms with Crippen molar-refractivity contribution < 1.29 is 28.3 Å². The van der Waals surface area contributed by atoms with E-state index < -0.39 is 35.3 Å². The van der Waals surface area contributed by atoms with Crippen LogP contribution in [0.3, 0.4) is 0 Å². The van der Waals surface area contributed by atoms with Crippen molar-refractivity contribution in [2.45, 2.75) is 87.4 Å². The van der Waals surface area contributed by atoms with Crippen LogP contribution < -0.4 is 27.0 Å². The van der Waals surface area contributed by atoms with Crippen LogP contribution in [0.4, 0.5) is 10.1 Å². The summed E-state index contributed by atoms with van der Waals surface area (Å²) in [4.78, 5) is 67.3. The first-order valence-electron chi connectivity index (χ1n) is 21.4. The Morgan fingerprint density at radius 3 is 2.55 bits per heavy atom. The van der Waals surface area contributed by atoms with Crippen LogP contribution in [-0.4, -0.2) is 76.2 Å². The number of likely N-dealkylation sites (tertiary alicyclic amines) is 1. The lowest BCUT2D eigenvalue weighted by molar-refractivity contribution is -0.145. The van der Waals surface area contributed by atoms with Gasteiger partial charge in [-0.1, -0.05) is 72.5 Å². The number of amides is 4. The van der Waals surface area contributed by atoms with E-state index in [0.717, 1.165) is 43.4 Å². The number of hydrogen-bond donors (Lipinski definition) is 4. The Kier molecular flexibility index (Phi) is 11.7. The van der Waals surface area contributed by atoms with Gasteiger partial charge >= 0.3 is 5.69 Å². The molecule has 3 aliphatic heterocycles. The van der Waals surface area contributed by atoms with E-state index in [1.807, 2.05) is 24.3 Å². The van der Waals surface area contributed by atoms with Crippen molar-refractivity contribution in [2.24, 2.45) is 18.9 Å². The van der Waals surface area contributed by atoms with Crippen molar-refractivity contribution in [3.05, 3.63) is 97.6 Å². The van der Waals surface area contributed by atoms with E-state index in [-0.39, 0.29) is 72.5 Å². The molecular weight excluding hydrogens is 836 g/mol. The van der Waals surface area contributed by atoms with Gasteiger partial charge in [-0.25, -0.2) is 9.18 Å². The highest BCUT2D eigenvalue weighted by molar-refractivity contribution is 6.31. The van der Waals surface area contributed by atoms with Gasteiger partial charge in [0.1, 0.15) is 18.6 Å². The van der Waals surface area contributed by atoms with Crippen molar-refractivity contribution in [3.63, 3.8) is 0 Å². The zero-order valence-electron chi connectivity index (χ0n) is 34.3. The van der Waals surface area contributed by atoms with Crippen molar-refractivity contribution >= 4 is 63.6 Å². The van der Waals surface area contributed by atoms with Crippen LogP contribution in [0.25, 0.3) is 11.0 Å². The lowest BCUT2D eigenvalue weighted by Crippen LogP contribution is -2.61. The van der Waals surface area contributed by atoms with Crippen LogP contribution in [0.5, 0.6) is 0 Å². The van der Waals surface area contributed by atoms with Gasteiger partial charge in [0.05, 0.1) is 34.6 Å². The van der Waals surface area contributed by atoms with E-state index in [9.17, 15) is 24.0 Å². The number of anilines is 1. The predicted molar refractivity (Wildman–Crippen MR) is 232 cm³/mol. The Labute approximate surface area is 368 Å². The SMILES string of the molecule is Cn1c(=O)n(C2CCC(=O)NC2=O)c2ccc(C#CC3CN(C(=O)C4CC(NC(=O)[C@@H]5NC6(CCCCC6)c6ccc(Cl)cc6NCOC[C@H]5c5cccc(Cl)c5F)C4)C3)cc21. The highest BCUT2D eigenvalue weighted by atomic mass is 35.5. The zero-order valence-corrected chi connectivity index (χ0v) is 35.8. The Morgan fingerprint density at radius 1 is 0.984 bits per heavy atom. The number of nitrogens with one attached hydrogen (secondary N) is 4. The molecule has 2 saturated heterocycles. The molecule has 4 heterocycles. The van der Waals surface area contributed by atoms with Gasteiger partial charge in [0, 0.05) is 66.2 Å². The average molecular weight is 885 g/mol. The number of carbonyl (C=O) groups excluding carboxylic acids is 4. The number of imidazole rings is 1. The summed E-state index contributed by atoms with van der Waals surface area (Å²) < 4.78 is 24.8. The monoisotopic (exact) mass is 883 g/mol. The number of rotatable bonds is 5. The molecule has 13 nitrogen and oxygen atoms in total. The molecule has 0 radical (unpaired) electrons. The summed E-state index contributed by atoms with van der Waals surface area (Å²) in [7, 11) is 1.64. The summed E-state index contributed by atoms with van der Waals surface area (Å²) >= 11 is 12.7. The van der Waals surface area contributed by atoms with Gasteiger partial charge in [-0.3, -0.25) is 38.9 Å². The summed E-state index contributed by atoms with van der Waals surface area (Å²) in [6.07, 6.45) is 5.92. The van der Waals surface area contributed by atoms with Crippen molar-refractivity contribution in [1.29, 1.82) is 0 Å². The molecule has 4 N–H and O–H groups in total. The third kappa shape index (κ3) is 8.00. The molecule has 4 fully saturated rings. The van der Waals surface area contributed by atoms with Crippen molar-refractivity contribution in [1.82, 2.24) is 30.0 Å². The second kappa shape index (κ2) is 17.2. The quantitative estimate of drug-likeness (QED) is 0.152. The van der Waals surface area contributed by atoms with Gasteiger partial charge in [0.2, 0.25) is 23.6 Å². The number of halogens is 3. The highest BCUT2D eigenvalue weighted by Crippen LogP contribution is 2.44. The number of hydrogen-bond acceptors (Lipinski definition) is 8. The van der Waals surface area contributed by atoms with Crippen LogP contribution in [0.2, 0.25) is 10.0 Å². The molecule has 4 aromatic rings. The second-order valence-electron chi connectivity index (χ2n) is 17.4. The van der Waals surface area contributed by atoms with Crippen molar-refractivity contribution in [2.75, 3.05) is 31.7 Å². The largest absolute Gasteiger partial charge is 0.362 e. The second-order valence-corrected chi connectivity index (χ2v) is 18.2. The number of fused-ring (bicyclic) bond motifs is 3. The fraction of sp³-hybridized carbons (Fsp3) is 0.457. The number of imide groups is 1. The summed E-state index contributed by atoms with van der Waals surface area (Å²) in [6.45, 7) is 1.16. The summed E-state index contributed by atoms with van der Waals surface area (Å²) in [5, 5.41) is 13.2. The smallest absolute Gasteiger partial charge is 0.329 e. The fourth-order valence-corrected chi connectivity index (χ4v) is 10.3. The van der Waals surface area contributed by atoms with E-state index in [1.54, 1.807) is 36.2 Å². The van der Waals surface area contributed by atoms with Gasteiger partial charge in [0.15, 0.2) is 0 Å². The fourth-order valence-electron chi connectivity index (χ4n) is 9.95. The Hall–Kier alpha value is -5.20. The van der Waals surface area contributed by atoms with Crippen molar-refractivity contribution in [3.8, 4) is 11.8 Å². The molecule has 4 amide bonds. The molecule has 2 saturated carbocycles. The lowest BCUT2D eigenvalue weighted by Gasteiger charge is -2.46. The summed E-state index contributed by atoms with van der Waals surface area (Å²) in [6, 6.07) is 14.1. The zero-order chi connectivity index (χ0) is 43.3. The molecule has 16 heteroatoms. The molecule has 62 heavy (non-hydrogen) atoms. The molecule has 3 aromatic carbocycles. The van der Waals surface area contributed by atoms with Gasteiger partial charge in [-0.2, -0.15) is 0 Å². The Balaban J connectivity index is 0.856. The van der Waals surface area contributed by atoms with Gasteiger partial charge in [-0.15, -0.1) is 0 Å². The third-order valence-electron chi connectivity index (χ3n) is 13.4. The minimum Gasteiger partial charge on any atom is -0.362 e. The van der Waals surface area contributed by atoms with Crippen LogP contribution in [-0.2, 0) is 36.5 Å².